The number of hydrogen-bond donors (Lipinski definition) is 0. The Morgan fingerprint density at radius 1 is 0.875 bits per heavy atom. The van der Waals surface area contributed by atoms with E-state index >= 15 is 0 Å². The highest BCUT2D eigenvalue weighted by molar-refractivity contribution is 7.89. The van der Waals surface area contributed by atoms with Gasteiger partial charge in [0.2, 0.25) is 10.0 Å². The zero-order valence-electron chi connectivity index (χ0n) is 18.6. The molecule has 0 spiro atoms. The lowest BCUT2D eigenvalue weighted by atomic mass is 10.00. The van der Waals surface area contributed by atoms with Crippen LogP contribution in [0.15, 0.2) is 47.6 Å². The van der Waals surface area contributed by atoms with Crippen LogP contribution in [0.25, 0.3) is 0 Å². The number of benzene rings is 1. The van der Waals surface area contributed by atoms with Gasteiger partial charge in [-0.05, 0) is 49.9 Å². The summed E-state index contributed by atoms with van der Waals surface area (Å²) in [6, 6.07) is 8.94. The Morgan fingerprint density at radius 3 is 2.16 bits per heavy atom. The summed E-state index contributed by atoms with van der Waals surface area (Å²) in [7, 11) is -0.525. The van der Waals surface area contributed by atoms with E-state index < -0.39 is 10.0 Å². The van der Waals surface area contributed by atoms with E-state index in [2.05, 4.69) is 9.88 Å². The molecule has 0 bridgehead atoms. The van der Waals surface area contributed by atoms with E-state index in [9.17, 15) is 8.42 Å². The molecule has 0 saturated carbocycles. The molecule has 2 aromatic rings. The van der Waals surface area contributed by atoms with Gasteiger partial charge in [0.1, 0.15) is 11.9 Å². The van der Waals surface area contributed by atoms with Gasteiger partial charge in [-0.1, -0.05) is 0 Å². The minimum Gasteiger partial charge on any atom is -0.493 e. The van der Waals surface area contributed by atoms with Crippen molar-refractivity contribution < 1.29 is 22.6 Å². The Labute approximate surface area is 190 Å². The summed E-state index contributed by atoms with van der Waals surface area (Å²) in [5.41, 5.74) is 0. The quantitative estimate of drug-likeness (QED) is 0.627. The van der Waals surface area contributed by atoms with Crippen LogP contribution >= 0.6 is 0 Å². The van der Waals surface area contributed by atoms with Crippen molar-refractivity contribution in [1.82, 2.24) is 14.2 Å². The molecule has 2 aliphatic heterocycles. The Morgan fingerprint density at radius 2 is 1.53 bits per heavy atom. The summed E-state index contributed by atoms with van der Waals surface area (Å²) in [5, 5.41) is 0. The van der Waals surface area contributed by atoms with Gasteiger partial charge in [0.05, 0.1) is 19.1 Å². The molecule has 1 aromatic heterocycles. The monoisotopic (exact) mass is 461 g/mol. The van der Waals surface area contributed by atoms with Gasteiger partial charge in [0.25, 0.3) is 0 Å². The number of aromatic nitrogens is 1. The van der Waals surface area contributed by atoms with Gasteiger partial charge in [0.15, 0.2) is 11.5 Å². The average Bonchev–Trinajstić information content (AvgIpc) is 2.84. The van der Waals surface area contributed by atoms with Crippen LogP contribution in [0.2, 0.25) is 0 Å². The molecule has 2 fully saturated rings. The number of likely N-dealkylation sites (tertiary alicyclic amines) is 1. The summed E-state index contributed by atoms with van der Waals surface area (Å²) >= 11 is 0. The molecule has 0 radical (unpaired) electrons. The molecule has 0 N–H and O–H groups in total. The first-order valence-corrected chi connectivity index (χ1v) is 12.5. The van der Waals surface area contributed by atoms with Crippen LogP contribution in [-0.4, -0.2) is 75.2 Å². The topological polar surface area (TPSA) is 81.2 Å². The Hall–Kier alpha value is -2.36. The molecule has 1 aromatic carbocycles. The third-order valence-corrected chi connectivity index (χ3v) is 8.26. The number of sulfonamides is 1. The van der Waals surface area contributed by atoms with Gasteiger partial charge in [-0.15, -0.1) is 0 Å². The molecule has 8 nitrogen and oxygen atoms in total. The van der Waals surface area contributed by atoms with E-state index in [4.69, 9.17) is 14.2 Å². The molecule has 32 heavy (non-hydrogen) atoms. The van der Waals surface area contributed by atoms with Gasteiger partial charge < -0.3 is 19.1 Å². The van der Waals surface area contributed by atoms with Crippen molar-refractivity contribution in [2.24, 2.45) is 0 Å². The first kappa shape index (κ1) is 22.8. The van der Waals surface area contributed by atoms with Gasteiger partial charge in [0, 0.05) is 50.7 Å². The predicted molar refractivity (Wildman–Crippen MR) is 121 cm³/mol. The SMILES string of the molecule is COc1ccc(S(=O)(=O)N2CCC(N3CCC(Oc4ccncc4)CC3)CC2)cc1OC. The number of methoxy groups -OCH3 is 2. The predicted octanol–water partition coefficient (Wildman–Crippen LogP) is 2.80. The zero-order chi connectivity index (χ0) is 22.6. The van der Waals surface area contributed by atoms with Gasteiger partial charge in [-0.3, -0.25) is 4.98 Å². The molecule has 2 aliphatic rings. The van der Waals surface area contributed by atoms with Crippen LogP contribution in [0, 0.1) is 0 Å². The lowest BCUT2D eigenvalue weighted by Gasteiger charge is -2.41. The first-order chi connectivity index (χ1) is 15.5. The van der Waals surface area contributed by atoms with E-state index in [0.29, 0.717) is 30.6 Å². The highest BCUT2D eigenvalue weighted by Crippen LogP contribution is 2.32. The van der Waals surface area contributed by atoms with Crippen molar-refractivity contribution in [3.8, 4) is 17.2 Å². The van der Waals surface area contributed by atoms with Crippen LogP contribution in [0.1, 0.15) is 25.7 Å². The molecule has 2 saturated heterocycles. The molecule has 3 heterocycles. The normalized spacial score (nSPS) is 19.6. The van der Waals surface area contributed by atoms with E-state index in [0.717, 1.165) is 44.5 Å². The first-order valence-electron chi connectivity index (χ1n) is 11.0. The second kappa shape index (κ2) is 10.1. The standard InChI is InChI=1S/C23H31N3O5S/c1-29-22-4-3-21(17-23(22)30-2)32(27,28)26-15-7-18(8-16-26)25-13-9-20(10-14-25)31-19-5-11-24-12-6-19/h3-6,11-12,17-18,20H,7-10,13-16H2,1-2H3. The number of rotatable bonds is 7. The lowest BCUT2D eigenvalue weighted by Crippen LogP contribution is -2.50. The minimum absolute atomic E-state index is 0.221. The maximum atomic E-state index is 13.1. The average molecular weight is 462 g/mol. The molecular formula is C23H31N3O5S. The van der Waals surface area contributed by atoms with E-state index in [1.165, 1.54) is 20.3 Å². The van der Waals surface area contributed by atoms with Gasteiger partial charge in [-0.2, -0.15) is 4.31 Å². The van der Waals surface area contributed by atoms with E-state index in [1.807, 2.05) is 12.1 Å². The van der Waals surface area contributed by atoms with Crippen LogP contribution in [0.3, 0.4) is 0 Å². The highest BCUT2D eigenvalue weighted by atomic mass is 32.2. The Kier molecular flexibility index (Phi) is 7.17. The molecule has 9 heteroatoms. The second-order valence-electron chi connectivity index (χ2n) is 8.19. The Bertz CT molecular complexity index is 986. The van der Waals surface area contributed by atoms with Crippen molar-refractivity contribution in [1.29, 1.82) is 0 Å². The smallest absolute Gasteiger partial charge is 0.243 e. The molecule has 0 amide bonds. The van der Waals surface area contributed by atoms with Gasteiger partial charge in [-0.25, -0.2) is 8.42 Å². The fraction of sp³-hybridized carbons (Fsp3) is 0.522. The molecule has 0 atom stereocenters. The third kappa shape index (κ3) is 5.00. The summed E-state index contributed by atoms with van der Waals surface area (Å²) < 4.78 is 44.4. The highest BCUT2D eigenvalue weighted by Gasteiger charge is 2.33. The van der Waals surface area contributed by atoms with Crippen molar-refractivity contribution in [3.63, 3.8) is 0 Å². The molecule has 0 aliphatic carbocycles. The van der Waals surface area contributed by atoms with Crippen molar-refractivity contribution in [2.75, 3.05) is 40.4 Å². The zero-order valence-corrected chi connectivity index (χ0v) is 19.5. The molecule has 0 unspecified atom stereocenters. The summed E-state index contributed by atoms with van der Waals surface area (Å²) in [6.45, 7) is 3.00. The van der Waals surface area contributed by atoms with E-state index in [-0.39, 0.29) is 11.0 Å². The molecule has 174 valence electrons. The number of nitrogens with zero attached hydrogens (tertiary/aromatic N) is 3. The fourth-order valence-electron chi connectivity index (χ4n) is 4.54. The van der Waals surface area contributed by atoms with E-state index in [1.54, 1.807) is 28.8 Å². The summed E-state index contributed by atoms with van der Waals surface area (Å²) in [5.74, 6) is 1.80. The van der Waals surface area contributed by atoms with Crippen molar-refractivity contribution >= 4 is 10.0 Å². The van der Waals surface area contributed by atoms with Crippen molar-refractivity contribution in [3.05, 3.63) is 42.7 Å². The minimum atomic E-state index is -3.56. The summed E-state index contributed by atoms with van der Waals surface area (Å²) in [6.07, 6.45) is 7.34. The number of pyridine rings is 1. The molecule has 4 rings (SSSR count). The number of hydrogen-bond acceptors (Lipinski definition) is 7. The summed E-state index contributed by atoms with van der Waals surface area (Å²) in [4.78, 5) is 6.76. The van der Waals surface area contributed by atoms with Crippen LogP contribution in [0.4, 0.5) is 0 Å². The number of piperidine rings is 2. The second-order valence-corrected chi connectivity index (χ2v) is 10.1. The van der Waals surface area contributed by atoms with Crippen LogP contribution in [-0.2, 0) is 10.0 Å². The van der Waals surface area contributed by atoms with Crippen LogP contribution in [0.5, 0.6) is 17.2 Å². The largest absolute Gasteiger partial charge is 0.493 e. The fourth-order valence-corrected chi connectivity index (χ4v) is 6.03. The molecular weight excluding hydrogens is 430 g/mol. The lowest BCUT2D eigenvalue weighted by molar-refractivity contribution is 0.0585. The maximum Gasteiger partial charge on any atom is 0.243 e. The van der Waals surface area contributed by atoms with Crippen molar-refractivity contribution in [2.45, 2.75) is 42.7 Å². The Balaban J connectivity index is 1.30. The number of ether oxygens (including phenoxy) is 3. The maximum absolute atomic E-state index is 13.1. The van der Waals surface area contributed by atoms with Gasteiger partial charge >= 0.3 is 0 Å². The van der Waals surface area contributed by atoms with Crippen LogP contribution < -0.4 is 14.2 Å². The third-order valence-electron chi connectivity index (χ3n) is 6.36.